The molecule has 0 amide bonds. The molecule has 1 saturated heterocycles. The zero-order valence-corrected chi connectivity index (χ0v) is 9.63. The third-order valence-corrected chi connectivity index (χ3v) is 3.30. The average molecular weight is 221 g/mol. The Hall–Kier alpha value is -1.06. The molecule has 1 fully saturated rings. The van der Waals surface area contributed by atoms with E-state index in [9.17, 15) is 10.2 Å². The number of benzene rings is 1. The minimum absolute atomic E-state index is 0.220. The van der Waals surface area contributed by atoms with E-state index in [-0.39, 0.29) is 12.6 Å². The lowest BCUT2D eigenvalue weighted by atomic mass is 10.1. The van der Waals surface area contributed by atoms with Gasteiger partial charge in [0.15, 0.2) is 0 Å². The van der Waals surface area contributed by atoms with Crippen molar-refractivity contribution in [3.8, 4) is 0 Å². The molecule has 2 N–H and O–H groups in total. The summed E-state index contributed by atoms with van der Waals surface area (Å²) >= 11 is 0. The monoisotopic (exact) mass is 221 g/mol. The van der Waals surface area contributed by atoms with Gasteiger partial charge in [0, 0.05) is 12.2 Å². The number of aliphatic hydroxyl groups excluding tert-OH is 2. The van der Waals surface area contributed by atoms with E-state index in [0.717, 1.165) is 30.6 Å². The van der Waals surface area contributed by atoms with Gasteiger partial charge < -0.3 is 15.1 Å². The van der Waals surface area contributed by atoms with Crippen LogP contribution in [0.15, 0.2) is 24.3 Å². The van der Waals surface area contributed by atoms with Crippen LogP contribution in [0.3, 0.4) is 0 Å². The largest absolute Gasteiger partial charge is 0.394 e. The van der Waals surface area contributed by atoms with Crippen molar-refractivity contribution in [3.05, 3.63) is 29.8 Å². The van der Waals surface area contributed by atoms with Gasteiger partial charge in [0.25, 0.3) is 0 Å². The molecule has 2 rings (SSSR count). The Morgan fingerprint density at radius 3 is 2.62 bits per heavy atom. The summed E-state index contributed by atoms with van der Waals surface area (Å²) < 4.78 is 0. The third kappa shape index (κ3) is 2.20. The molecule has 16 heavy (non-hydrogen) atoms. The van der Waals surface area contributed by atoms with E-state index in [4.69, 9.17) is 0 Å². The first-order valence-electron chi connectivity index (χ1n) is 5.88. The molecule has 0 saturated carbocycles. The molecule has 0 bridgehead atoms. The minimum atomic E-state index is -0.415. The number of anilines is 1. The third-order valence-electron chi connectivity index (χ3n) is 3.30. The topological polar surface area (TPSA) is 43.7 Å². The van der Waals surface area contributed by atoms with E-state index in [1.165, 1.54) is 0 Å². The van der Waals surface area contributed by atoms with Gasteiger partial charge in [-0.25, -0.2) is 0 Å². The van der Waals surface area contributed by atoms with E-state index in [1.54, 1.807) is 6.92 Å². The van der Waals surface area contributed by atoms with Gasteiger partial charge >= 0.3 is 0 Å². The van der Waals surface area contributed by atoms with Crippen molar-refractivity contribution in [2.45, 2.75) is 31.9 Å². The van der Waals surface area contributed by atoms with Crippen LogP contribution < -0.4 is 4.90 Å². The number of aliphatic hydroxyl groups is 2. The predicted molar refractivity (Wildman–Crippen MR) is 64.5 cm³/mol. The summed E-state index contributed by atoms with van der Waals surface area (Å²) in [5, 5.41) is 18.7. The van der Waals surface area contributed by atoms with Crippen molar-refractivity contribution in [1.29, 1.82) is 0 Å². The Morgan fingerprint density at radius 2 is 2.06 bits per heavy atom. The van der Waals surface area contributed by atoms with E-state index < -0.39 is 6.10 Å². The van der Waals surface area contributed by atoms with Gasteiger partial charge in [-0.2, -0.15) is 0 Å². The first-order chi connectivity index (χ1) is 7.72. The van der Waals surface area contributed by atoms with Gasteiger partial charge in [-0.15, -0.1) is 0 Å². The van der Waals surface area contributed by atoms with Crippen molar-refractivity contribution >= 4 is 5.69 Å². The van der Waals surface area contributed by atoms with Crippen LogP contribution in [0.2, 0.25) is 0 Å². The van der Waals surface area contributed by atoms with Gasteiger partial charge in [-0.05, 0) is 37.5 Å². The molecule has 1 aromatic carbocycles. The Bertz CT molecular complexity index is 334. The summed E-state index contributed by atoms with van der Waals surface area (Å²) in [5.74, 6) is 0. The highest BCUT2D eigenvalue weighted by molar-refractivity contribution is 5.49. The maximum atomic E-state index is 9.42. The smallest absolute Gasteiger partial charge is 0.0761 e. The molecule has 1 aromatic rings. The van der Waals surface area contributed by atoms with Crippen LogP contribution in [0.5, 0.6) is 0 Å². The van der Waals surface area contributed by atoms with Crippen molar-refractivity contribution in [2.75, 3.05) is 18.1 Å². The highest BCUT2D eigenvalue weighted by atomic mass is 16.3. The summed E-state index contributed by atoms with van der Waals surface area (Å²) in [4.78, 5) is 2.24. The molecule has 88 valence electrons. The van der Waals surface area contributed by atoms with Gasteiger partial charge in [-0.1, -0.05) is 12.1 Å². The summed E-state index contributed by atoms with van der Waals surface area (Å²) in [6.07, 6.45) is 1.79. The van der Waals surface area contributed by atoms with Gasteiger partial charge in [0.2, 0.25) is 0 Å². The molecule has 3 nitrogen and oxygen atoms in total. The Balaban J connectivity index is 2.15. The van der Waals surface area contributed by atoms with Crippen molar-refractivity contribution < 1.29 is 10.2 Å². The van der Waals surface area contributed by atoms with Crippen LogP contribution in [0.25, 0.3) is 0 Å². The van der Waals surface area contributed by atoms with Crippen molar-refractivity contribution in [3.63, 3.8) is 0 Å². The SMILES string of the molecule is C[C@H](O)c1ccc(N2CCCC2CO)cc1. The van der Waals surface area contributed by atoms with Gasteiger partial charge in [0.05, 0.1) is 18.8 Å². The first kappa shape index (κ1) is 11.4. The van der Waals surface area contributed by atoms with Gasteiger partial charge in [-0.3, -0.25) is 0 Å². The Labute approximate surface area is 96.3 Å². The molecule has 1 heterocycles. The van der Waals surface area contributed by atoms with E-state index >= 15 is 0 Å². The second kappa shape index (κ2) is 4.85. The Morgan fingerprint density at radius 1 is 1.38 bits per heavy atom. The number of rotatable bonds is 3. The average Bonchev–Trinajstić information content (AvgIpc) is 2.77. The molecule has 3 heteroatoms. The molecule has 0 aromatic heterocycles. The van der Waals surface area contributed by atoms with Crippen LogP contribution in [0, 0.1) is 0 Å². The second-order valence-electron chi connectivity index (χ2n) is 4.44. The molecule has 1 unspecified atom stereocenters. The predicted octanol–water partition coefficient (Wildman–Crippen LogP) is 1.70. The van der Waals surface area contributed by atoms with Crippen LogP contribution in [0.1, 0.15) is 31.4 Å². The molecular formula is C13H19NO2. The molecule has 1 aliphatic rings. The molecule has 2 atom stereocenters. The highest BCUT2D eigenvalue weighted by Gasteiger charge is 2.23. The highest BCUT2D eigenvalue weighted by Crippen LogP contribution is 2.26. The van der Waals surface area contributed by atoms with Crippen molar-refractivity contribution in [2.24, 2.45) is 0 Å². The lowest BCUT2D eigenvalue weighted by Crippen LogP contribution is -2.31. The van der Waals surface area contributed by atoms with E-state index in [0.29, 0.717) is 0 Å². The molecule has 1 aliphatic heterocycles. The number of hydrogen-bond acceptors (Lipinski definition) is 3. The number of nitrogens with zero attached hydrogens (tertiary/aromatic N) is 1. The van der Waals surface area contributed by atoms with Crippen LogP contribution >= 0.6 is 0 Å². The zero-order valence-electron chi connectivity index (χ0n) is 9.63. The quantitative estimate of drug-likeness (QED) is 0.816. The summed E-state index contributed by atoms with van der Waals surface area (Å²) in [6.45, 7) is 3.00. The van der Waals surface area contributed by atoms with E-state index in [1.807, 2.05) is 24.3 Å². The van der Waals surface area contributed by atoms with Crippen LogP contribution in [-0.4, -0.2) is 29.4 Å². The molecule has 0 aliphatic carbocycles. The van der Waals surface area contributed by atoms with E-state index in [2.05, 4.69) is 4.90 Å². The standard InChI is InChI=1S/C13H19NO2/c1-10(16)11-4-6-12(7-5-11)14-8-2-3-13(14)9-15/h4-7,10,13,15-16H,2-3,8-9H2,1H3/t10-,13?/m0/s1. The van der Waals surface area contributed by atoms with Crippen molar-refractivity contribution in [1.82, 2.24) is 0 Å². The lowest BCUT2D eigenvalue weighted by Gasteiger charge is -2.25. The maximum Gasteiger partial charge on any atom is 0.0761 e. The summed E-state index contributed by atoms with van der Waals surface area (Å²) in [5.41, 5.74) is 2.07. The fourth-order valence-corrected chi connectivity index (χ4v) is 2.31. The summed E-state index contributed by atoms with van der Waals surface area (Å²) in [6, 6.07) is 8.21. The Kier molecular flexibility index (Phi) is 3.46. The normalized spacial score (nSPS) is 22.4. The number of hydrogen-bond donors (Lipinski definition) is 2. The zero-order chi connectivity index (χ0) is 11.5. The van der Waals surface area contributed by atoms with Gasteiger partial charge in [0.1, 0.15) is 0 Å². The molecular weight excluding hydrogens is 202 g/mol. The molecule has 0 radical (unpaired) electrons. The van der Waals surface area contributed by atoms with Crippen LogP contribution in [0.4, 0.5) is 5.69 Å². The minimum Gasteiger partial charge on any atom is -0.394 e. The maximum absolute atomic E-state index is 9.42. The lowest BCUT2D eigenvalue weighted by molar-refractivity contribution is 0.199. The fraction of sp³-hybridized carbons (Fsp3) is 0.538. The first-order valence-corrected chi connectivity index (χ1v) is 5.88. The second-order valence-corrected chi connectivity index (χ2v) is 4.44. The molecule has 0 spiro atoms. The van der Waals surface area contributed by atoms with Crippen LogP contribution in [-0.2, 0) is 0 Å². The summed E-state index contributed by atoms with van der Waals surface area (Å²) in [7, 11) is 0. The fourth-order valence-electron chi connectivity index (χ4n) is 2.31.